The van der Waals surface area contributed by atoms with Gasteiger partial charge in [-0.2, -0.15) is 0 Å². The number of carbonyl (C=O) groups excluding carboxylic acids is 1. The molecule has 0 bridgehead atoms. The number of aromatic amines is 1. The predicted octanol–water partition coefficient (Wildman–Crippen LogP) is 0.792. The van der Waals surface area contributed by atoms with Crippen molar-refractivity contribution in [3.8, 4) is 0 Å². The van der Waals surface area contributed by atoms with E-state index in [9.17, 15) is 4.79 Å². The molecule has 1 aliphatic rings. The molecule has 6 heteroatoms. The van der Waals surface area contributed by atoms with Gasteiger partial charge in [-0.15, -0.1) is 0 Å². The van der Waals surface area contributed by atoms with Gasteiger partial charge >= 0.3 is 0 Å². The molecule has 6 nitrogen and oxygen atoms in total. The van der Waals surface area contributed by atoms with Crippen LogP contribution in [0.15, 0.2) is 37.1 Å². The lowest BCUT2D eigenvalue weighted by atomic mass is 9.95. The SMILES string of the molecule is O=C(N[C@@H]1COC[C@H]1Cc1ccncc1)c1cnc[nH]1. The highest BCUT2D eigenvalue weighted by Crippen LogP contribution is 2.19. The molecule has 2 aromatic heterocycles. The topological polar surface area (TPSA) is 79.9 Å². The maximum atomic E-state index is 12.0. The van der Waals surface area contributed by atoms with Gasteiger partial charge in [-0.05, 0) is 24.1 Å². The van der Waals surface area contributed by atoms with Crippen molar-refractivity contribution in [3.63, 3.8) is 0 Å². The average molecular weight is 272 g/mol. The van der Waals surface area contributed by atoms with Crippen LogP contribution in [0.1, 0.15) is 16.1 Å². The first-order valence-electron chi connectivity index (χ1n) is 6.59. The molecular formula is C14H16N4O2. The predicted molar refractivity (Wildman–Crippen MR) is 72.1 cm³/mol. The van der Waals surface area contributed by atoms with E-state index in [1.54, 1.807) is 12.4 Å². The van der Waals surface area contributed by atoms with Gasteiger partial charge in [0.05, 0.1) is 31.8 Å². The van der Waals surface area contributed by atoms with Crippen LogP contribution in [0.25, 0.3) is 0 Å². The molecular weight excluding hydrogens is 256 g/mol. The van der Waals surface area contributed by atoms with Gasteiger partial charge < -0.3 is 15.0 Å². The van der Waals surface area contributed by atoms with E-state index in [4.69, 9.17) is 4.74 Å². The Kier molecular flexibility index (Phi) is 3.73. The van der Waals surface area contributed by atoms with Gasteiger partial charge in [-0.1, -0.05) is 0 Å². The van der Waals surface area contributed by atoms with Crippen LogP contribution in [0, 0.1) is 5.92 Å². The number of hydrogen-bond acceptors (Lipinski definition) is 4. The number of amides is 1. The van der Waals surface area contributed by atoms with Crippen LogP contribution in [0.3, 0.4) is 0 Å². The Labute approximate surface area is 116 Å². The van der Waals surface area contributed by atoms with Gasteiger partial charge in [0.2, 0.25) is 0 Å². The number of ether oxygens (including phenoxy) is 1. The number of hydrogen-bond donors (Lipinski definition) is 2. The lowest BCUT2D eigenvalue weighted by Gasteiger charge is -2.18. The van der Waals surface area contributed by atoms with E-state index in [2.05, 4.69) is 20.3 Å². The summed E-state index contributed by atoms with van der Waals surface area (Å²) in [5.74, 6) is 0.141. The van der Waals surface area contributed by atoms with Crippen molar-refractivity contribution < 1.29 is 9.53 Å². The van der Waals surface area contributed by atoms with Crippen LogP contribution in [0.4, 0.5) is 0 Å². The Morgan fingerprint density at radius 3 is 2.95 bits per heavy atom. The number of nitrogens with one attached hydrogen (secondary N) is 2. The van der Waals surface area contributed by atoms with E-state index >= 15 is 0 Å². The molecule has 2 atom stereocenters. The summed E-state index contributed by atoms with van der Waals surface area (Å²) in [6.45, 7) is 1.21. The summed E-state index contributed by atoms with van der Waals surface area (Å²) >= 11 is 0. The van der Waals surface area contributed by atoms with Crippen LogP contribution in [0.2, 0.25) is 0 Å². The van der Waals surface area contributed by atoms with Gasteiger partial charge in [0.25, 0.3) is 5.91 Å². The molecule has 0 saturated carbocycles. The van der Waals surface area contributed by atoms with Crippen molar-refractivity contribution in [2.45, 2.75) is 12.5 Å². The zero-order chi connectivity index (χ0) is 13.8. The Morgan fingerprint density at radius 1 is 1.35 bits per heavy atom. The Hall–Kier alpha value is -2.21. The highest BCUT2D eigenvalue weighted by atomic mass is 16.5. The molecule has 1 amide bonds. The summed E-state index contributed by atoms with van der Waals surface area (Å²) in [5.41, 5.74) is 1.68. The maximum absolute atomic E-state index is 12.0. The molecule has 0 unspecified atom stereocenters. The van der Waals surface area contributed by atoms with Crippen molar-refractivity contribution in [1.29, 1.82) is 0 Å². The second kappa shape index (κ2) is 5.83. The fourth-order valence-corrected chi connectivity index (χ4v) is 2.41. The van der Waals surface area contributed by atoms with E-state index in [0.29, 0.717) is 18.9 Å². The number of imidazole rings is 1. The zero-order valence-electron chi connectivity index (χ0n) is 11.0. The molecule has 104 valence electrons. The van der Waals surface area contributed by atoms with Crippen LogP contribution in [0.5, 0.6) is 0 Å². The Morgan fingerprint density at radius 2 is 2.20 bits per heavy atom. The molecule has 20 heavy (non-hydrogen) atoms. The molecule has 0 aliphatic carbocycles. The summed E-state index contributed by atoms with van der Waals surface area (Å²) in [4.78, 5) is 22.7. The van der Waals surface area contributed by atoms with E-state index in [-0.39, 0.29) is 17.9 Å². The smallest absolute Gasteiger partial charge is 0.269 e. The zero-order valence-corrected chi connectivity index (χ0v) is 11.0. The third-order valence-corrected chi connectivity index (χ3v) is 3.50. The number of nitrogens with zero attached hydrogens (tertiary/aromatic N) is 2. The number of pyridine rings is 1. The van der Waals surface area contributed by atoms with Crippen molar-refractivity contribution in [3.05, 3.63) is 48.3 Å². The van der Waals surface area contributed by atoms with E-state index in [0.717, 1.165) is 6.42 Å². The summed E-state index contributed by atoms with van der Waals surface area (Å²) in [6.07, 6.45) is 7.45. The van der Waals surface area contributed by atoms with Crippen LogP contribution >= 0.6 is 0 Å². The van der Waals surface area contributed by atoms with Crippen molar-refractivity contribution in [1.82, 2.24) is 20.3 Å². The lowest BCUT2D eigenvalue weighted by molar-refractivity contribution is 0.0920. The van der Waals surface area contributed by atoms with Gasteiger partial charge in [0.15, 0.2) is 0 Å². The molecule has 2 N–H and O–H groups in total. The first-order chi connectivity index (χ1) is 9.83. The standard InChI is InChI=1S/C14H16N4O2/c19-14(12-6-16-9-17-12)18-13-8-20-7-11(13)5-10-1-3-15-4-2-10/h1-4,6,9,11,13H,5,7-8H2,(H,16,17)(H,18,19)/t11-,13-/m1/s1. The normalized spacial score (nSPS) is 21.8. The van der Waals surface area contributed by atoms with Gasteiger partial charge in [-0.25, -0.2) is 4.98 Å². The molecule has 2 aromatic rings. The second-order valence-electron chi connectivity index (χ2n) is 4.90. The summed E-state index contributed by atoms with van der Waals surface area (Å²) in [6, 6.07) is 4.01. The van der Waals surface area contributed by atoms with Crippen molar-refractivity contribution >= 4 is 5.91 Å². The van der Waals surface area contributed by atoms with Gasteiger partial charge in [-0.3, -0.25) is 9.78 Å². The van der Waals surface area contributed by atoms with E-state index < -0.39 is 0 Å². The monoisotopic (exact) mass is 272 g/mol. The fraction of sp³-hybridized carbons (Fsp3) is 0.357. The third kappa shape index (κ3) is 2.85. The highest BCUT2D eigenvalue weighted by molar-refractivity contribution is 5.92. The molecule has 3 heterocycles. The maximum Gasteiger partial charge on any atom is 0.269 e. The minimum atomic E-state index is -0.141. The molecule has 0 aromatic carbocycles. The molecule has 0 radical (unpaired) electrons. The van der Waals surface area contributed by atoms with E-state index in [1.807, 2.05) is 12.1 Å². The average Bonchev–Trinajstić information content (AvgIpc) is 3.12. The van der Waals surface area contributed by atoms with Crippen molar-refractivity contribution in [2.24, 2.45) is 5.92 Å². The fourth-order valence-electron chi connectivity index (χ4n) is 2.41. The lowest BCUT2D eigenvalue weighted by Crippen LogP contribution is -2.40. The van der Waals surface area contributed by atoms with Gasteiger partial charge in [0.1, 0.15) is 5.69 Å². The molecule has 3 rings (SSSR count). The largest absolute Gasteiger partial charge is 0.379 e. The first-order valence-corrected chi connectivity index (χ1v) is 6.59. The molecule has 0 spiro atoms. The molecule has 1 saturated heterocycles. The first kappa shape index (κ1) is 12.8. The van der Waals surface area contributed by atoms with Crippen molar-refractivity contribution in [2.75, 3.05) is 13.2 Å². The third-order valence-electron chi connectivity index (χ3n) is 3.50. The minimum Gasteiger partial charge on any atom is -0.379 e. The number of rotatable bonds is 4. The van der Waals surface area contributed by atoms with Gasteiger partial charge in [0, 0.05) is 18.3 Å². The Bertz CT molecular complexity index is 556. The van der Waals surface area contributed by atoms with Crippen LogP contribution in [-0.2, 0) is 11.2 Å². The number of carbonyl (C=O) groups is 1. The summed E-state index contributed by atoms with van der Waals surface area (Å²) < 4.78 is 5.50. The molecule has 1 aliphatic heterocycles. The summed E-state index contributed by atoms with van der Waals surface area (Å²) in [7, 11) is 0. The van der Waals surface area contributed by atoms with Crippen LogP contribution < -0.4 is 5.32 Å². The Balaban J connectivity index is 1.62. The number of H-pyrrole nitrogens is 1. The molecule has 1 fully saturated rings. The quantitative estimate of drug-likeness (QED) is 0.862. The number of aromatic nitrogens is 3. The highest BCUT2D eigenvalue weighted by Gasteiger charge is 2.30. The summed E-state index contributed by atoms with van der Waals surface area (Å²) in [5, 5.41) is 3.00. The van der Waals surface area contributed by atoms with E-state index in [1.165, 1.54) is 18.1 Å². The van der Waals surface area contributed by atoms with Crippen LogP contribution in [-0.4, -0.2) is 40.1 Å². The minimum absolute atomic E-state index is 0.0268. The second-order valence-corrected chi connectivity index (χ2v) is 4.90.